The van der Waals surface area contributed by atoms with E-state index in [-0.39, 0.29) is 24.5 Å². The second-order valence-corrected chi connectivity index (χ2v) is 5.79. The van der Waals surface area contributed by atoms with E-state index in [1.165, 1.54) is 6.08 Å². The second-order valence-electron chi connectivity index (χ2n) is 4.98. The van der Waals surface area contributed by atoms with Crippen LogP contribution in [-0.2, 0) is 9.53 Å². The van der Waals surface area contributed by atoms with Gasteiger partial charge in [-0.15, -0.1) is 0 Å². The Morgan fingerprint density at radius 1 is 1.39 bits per heavy atom. The fraction of sp³-hybridized carbons (Fsp3) is 0.769. The van der Waals surface area contributed by atoms with Gasteiger partial charge in [-0.25, -0.2) is 0 Å². The molecule has 0 spiro atoms. The number of carbonyl (C=O) groups excluding carboxylic acids is 1. The molecule has 0 aliphatic rings. The number of hydrogen-bond donors (Lipinski definition) is 0. The molecule has 0 bridgehead atoms. The summed E-state index contributed by atoms with van der Waals surface area (Å²) in [5.41, 5.74) is -0.223. The first-order chi connectivity index (χ1) is 8.22. The average Bonchev–Trinajstić information content (AvgIpc) is 2.32. The highest BCUT2D eigenvalue weighted by Crippen LogP contribution is 2.26. The number of ether oxygens (including phenoxy) is 1. The van der Waals surface area contributed by atoms with E-state index in [1.807, 2.05) is 20.8 Å². The standard InChI is InChI=1S/C13H23ClN2O2/c1-6-10-18-11(17)8-9-13(5,14)16-15-12(3,4)7-2/h6H,1,7-10H2,2-5H3. The number of esters is 1. The Morgan fingerprint density at radius 2 is 2.00 bits per heavy atom. The molecule has 0 N–H and O–H groups in total. The van der Waals surface area contributed by atoms with Crippen LogP contribution in [0.5, 0.6) is 0 Å². The van der Waals surface area contributed by atoms with Gasteiger partial charge in [0.1, 0.15) is 6.61 Å². The lowest BCUT2D eigenvalue weighted by Gasteiger charge is -2.20. The predicted molar refractivity (Wildman–Crippen MR) is 73.9 cm³/mol. The first-order valence-corrected chi connectivity index (χ1v) is 6.50. The third-order valence-electron chi connectivity index (χ3n) is 2.54. The Kier molecular flexibility index (Phi) is 7.14. The summed E-state index contributed by atoms with van der Waals surface area (Å²) >= 11 is 6.19. The Labute approximate surface area is 114 Å². The zero-order valence-corrected chi connectivity index (χ0v) is 12.5. The van der Waals surface area contributed by atoms with Crippen LogP contribution in [0.3, 0.4) is 0 Å². The van der Waals surface area contributed by atoms with E-state index in [1.54, 1.807) is 6.92 Å². The average molecular weight is 275 g/mol. The zero-order chi connectivity index (χ0) is 14.2. The number of rotatable bonds is 8. The van der Waals surface area contributed by atoms with Crippen LogP contribution in [0.4, 0.5) is 0 Å². The van der Waals surface area contributed by atoms with E-state index in [0.29, 0.717) is 6.42 Å². The van der Waals surface area contributed by atoms with Gasteiger partial charge in [0.05, 0.1) is 5.54 Å². The molecule has 1 unspecified atom stereocenters. The summed E-state index contributed by atoms with van der Waals surface area (Å²) in [6.07, 6.45) is 3.03. The van der Waals surface area contributed by atoms with Gasteiger partial charge in [-0.3, -0.25) is 4.79 Å². The summed E-state index contributed by atoms with van der Waals surface area (Å²) in [6.45, 7) is 11.5. The van der Waals surface area contributed by atoms with Crippen LogP contribution >= 0.6 is 11.6 Å². The molecule has 0 amide bonds. The van der Waals surface area contributed by atoms with Gasteiger partial charge in [0, 0.05) is 6.42 Å². The summed E-state index contributed by atoms with van der Waals surface area (Å²) < 4.78 is 4.87. The molecule has 0 radical (unpaired) electrons. The van der Waals surface area contributed by atoms with Crippen molar-refractivity contribution in [3.8, 4) is 0 Å². The normalized spacial score (nSPS) is 15.4. The molecular weight excluding hydrogens is 252 g/mol. The van der Waals surface area contributed by atoms with E-state index < -0.39 is 5.00 Å². The largest absolute Gasteiger partial charge is 0.461 e. The molecule has 0 rings (SSSR count). The predicted octanol–water partition coefficient (Wildman–Crippen LogP) is 4.09. The maximum Gasteiger partial charge on any atom is 0.306 e. The number of hydrogen-bond acceptors (Lipinski definition) is 4. The van der Waals surface area contributed by atoms with Gasteiger partial charge in [-0.05, 0) is 33.6 Å². The monoisotopic (exact) mass is 274 g/mol. The Balaban J connectivity index is 4.23. The van der Waals surface area contributed by atoms with E-state index in [0.717, 1.165) is 6.42 Å². The minimum absolute atomic E-state index is 0.222. The van der Waals surface area contributed by atoms with Gasteiger partial charge >= 0.3 is 5.97 Å². The lowest BCUT2D eigenvalue weighted by atomic mass is 10.0. The van der Waals surface area contributed by atoms with Crippen LogP contribution in [0.2, 0.25) is 0 Å². The fourth-order valence-corrected chi connectivity index (χ4v) is 1.05. The SMILES string of the molecule is C=CCOC(=O)CCC(C)(Cl)N=NC(C)(C)CC. The van der Waals surface area contributed by atoms with E-state index in [9.17, 15) is 4.79 Å². The molecule has 0 saturated carbocycles. The molecule has 5 heteroatoms. The van der Waals surface area contributed by atoms with Crippen molar-refractivity contribution >= 4 is 17.6 Å². The minimum atomic E-state index is -0.861. The highest BCUT2D eigenvalue weighted by molar-refractivity contribution is 6.23. The van der Waals surface area contributed by atoms with E-state index in [4.69, 9.17) is 16.3 Å². The Hall–Kier alpha value is -0.900. The van der Waals surface area contributed by atoms with Crippen molar-refractivity contribution in [3.63, 3.8) is 0 Å². The number of nitrogens with zero attached hydrogens (tertiary/aromatic N) is 2. The van der Waals surface area contributed by atoms with Crippen molar-refractivity contribution in [1.29, 1.82) is 0 Å². The molecule has 4 nitrogen and oxygen atoms in total. The van der Waals surface area contributed by atoms with Crippen molar-refractivity contribution in [3.05, 3.63) is 12.7 Å². The summed E-state index contributed by atoms with van der Waals surface area (Å²) in [4.78, 5) is 10.4. The summed E-state index contributed by atoms with van der Waals surface area (Å²) in [5, 5.41) is 8.32. The van der Waals surface area contributed by atoms with Gasteiger partial charge < -0.3 is 4.74 Å². The summed E-state index contributed by atoms with van der Waals surface area (Å²) in [6, 6.07) is 0. The lowest BCUT2D eigenvalue weighted by Crippen LogP contribution is -2.19. The molecular formula is C13H23ClN2O2. The molecule has 0 aliphatic carbocycles. The smallest absolute Gasteiger partial charge is 0.306 e. The van der Waals surface area contributed by atoms with Crippen molar-refractivity contribution in [2.45, 2.75) is 57.5 Å². The van der Waals surface area contributed by atoms with E-state index >= 15 is 0 Å². The minimum Gasteiger partial charge on any atom is -0.461 e. The first-order valence-electron chi connectivity index (χ1n) is 6.12. The van der Waals surface area contributed by atoms with Gasteiger partial charge in [-0.1, -0.05) is 31.2 Å². The molecule has 0 aromatic rings. The van der Waals surface area contributed by atoms with Crippen LogP contribution in [0.1, 0.15) is 47.0 Å². The molecule has 0 aromatic heterocycles. The molecule has 104 valence electrons. The van der Waals surface area contributed by atoms with Gasteiger partial charge in [-0.2, -0.15) is 10.2 Å². The maximum absolute atomic E-state index is 11.3. The van der Waals surface area contributed by atoms with Crippen LogP contribution in [0.15, 0.2) is 22.9 Å². The van der Waals surface area contributed by atoms with Crippen molar-refractivity contribution in [2.75, 3.05) is 6.61 Å². The first kappa shape index (κ1) is 17.1. The van der Waals surface area contributed by atoms with Crippen LogP contribution < -0.4 is 0 Å². The second kappa shape index (κ2) is 7.52. The summed E-state index contributed by atoms with van der Waals surface area (Å²) in [5.74, 6) is -0.299. The lowest BCUT2D eigenvalue weighted by molar-refractivity contribution is -0.142. The van der Waals surface area contributed by atoms with Gasteiger partial charge in [0.25, 0.3) is 0 Å². The molecule has 0 heterocycles. The van der Waals surface area contributed by atoms with Crippen LogP contribution in [0, 0.1) is 0 Å². The Bertz CT molecular complexity index is 312. The Morgan fingerprint density at radius 3 is 2.50 bits per heavy atom. The van der Waals surface area contributed by atoms with Crippen LogP contribution in [0.25, 0.3) is 0 Å². The number of carbonyl (C=O) groups is 1. The van der Waals surface area contributed by atoms with Crippen LogP contribution in [-0.4, -0.2) is 23.1 Å². The molecule has 0 fully saturated rings. The highest BCUT2D eigenvalue weighted by Gasteiger charge is 2.23. The van der Waals surface area contributed by atoms with Crippen molar-refractivity contribution in [2.24, 2.45) is 10.2 Å². The van der Waals surface area contributed by atoms with Crippen molar-refractivity contribution in [1.82, 2.24) is 0 Å². The number of halogens is 1. The van der Waals surface area contributed by atoms with Crippen molar-refractivity contribution < 1.29 is 9.53 Å². The highest BCUT2D eigenvalue weighted by atomic mass is 35.5. The quantitative estimate of drug-likeness (QED) is 0.220. The third-order valence-corrected chi connectivity index (χ3v) is 2.81. The topological polar surface area (TPSA) is 51.0 Å². The molecule has 0 aromatic carbocycles. The summed E-state index contributed by atoms with van der Waals surface area (Å²) in [7, 11) is 0. The molecule has 1 atom stereocenters. The van der Waals surface area contributed by atoms with Gasteiger partial charge in [0.2, 0.25) is 0 Å². The molecule has 18 heavy (non-hydrogen) atoms. The molecule has 0 saturated heterocycles. The van der Waals surface area contributed by atoms with E-state index in [2.05, 4.69) is 16.8 Å². The maximum atomic E-state index is 11.3. The zero-order valence-electron chi connectivity index (χ0n) is 11.7. The number of alkyl halides is 1. The molecule has 0 aliphatic heterocycles. The third kappa shape index (κ3) is 8.23. The fourth-order valence-electron chi connectivity index (χ4n) is 0.915. The number of azo groups is 1. The van der Waals surface area contributed by atoms with Gasteiger partial charge in [0.15, 0.2) is 5.00 Å².